The first-order valence-electron chi connectivity index (χ1n) is 7.92. The van der Waals surface area contributed by atoms with Crippen LogP contribution in [0.25, 0.3) is 10.8 Å². The molecule has 1 aliphatic carbocycles. The SMILES string of the molecule is CCC1CCC(O)C(Cc2cccc3ccccc23)C1. The monoisotopic (exact) mass is 268 g/mol. The first kappa shape index (κ1) is 13.6. The molecule has 1 fully saturated rings. The molecule has 106 valence electrons. The van der Waals surface area contributed by atoms with E-state index >= 15 is 0 Å². The Morgan fingerprint density at radius 2 is 1.85 bits per heavy atom. The first-order valence-corrected chi connectivity index (χ1v) is 7.92. The van der Waals surface area contributed by atoms with E-state index in [9.17, 15) is 5.11 Å². The summed E-state index contributed by atoms with van der Waals surface area (Å²) in [4.78, 5) is 0. The first-order chi connectivity index (χ1) is 9.78. The quantitative estimate of drug-likeness (QED) is 0.864. The van der Waals surface area contributed by atoms with Crippen LogP contribution in [0.4, 0.5) is 0 Å². The summed E-state index contributed by atoms with van der Waals surface area (Å²) in [6, 6.07) is 15.1. The molecule has 3 rings (SSSR count). The van der Waals surface area contributed by atoms with Gasteiger partial charge in [0.25, 0.3) is 0 Å². The molecule has 1 heteroatoms. The van der Waals surface area contributed by atoms with E-state index < -0.39 is 0 Å². The van der Waals surface area contributed by atoms with E-state index in [1.807, 2.05) is 0 Å². The molecule has 0 saturated heterocycles. The van der Waals surface area contributed by atoms with Crippen molar-refractivity contribution in [3.63, 3.8) is 0 Å². The summed E-state index contributed by atoms with van der Waals surface area (Å²) in [6.45, 7) is 2.28. The van der Waals surface area contributed by atoms with Gasteiger partial charge in [-0.2, -0.15) is 0 Å². The predicted molar refractivity (Wildman–Crippen MR) is 84.8 cm³/mol. The van der Waals surface area contributed by atoms with Crippen LogP contribution in [0.1, 0.15) is 38.2 Å². The topological polar surface area (TPSA) is 20.2 Å². The number of hydrogen-bond donors (Lipinski definition) is 1. The number of rotatable bonds is 3. The normalized spacial score (nSPS) is 26.8. The van der Waals surface area contributed by atoms with E-state index in [-0.39, 0.29) is 6.10 Å². The molecule has 0 amide bonds. The highest BCUT2D eigenvalue weighted by molar-refractivity contribution is 5.85. The fraction of sp³-hybridized carbons (Fsp3) is 0.474. The third-order valence-electron chi connectivity index (χ3n) is 4.99. The number of benzene rings is 2. The van der Waals surface area contributed by atoms with Crippen molar-refractivity contribution >= 4 is 10.8 Å². The molecule has 1 N–H and O–H groups in total. The molecule has 0 spiro atoms. The molecule has 2 aromatic rings. The minimum absolute atomic E-state index is 0.114. The Morgan fingerprint density at radius 1 is 1.05 bits per heavy atom. The van der Waals surface area contributed by atoms with E-state index in [0.29, 0.717) is 5.92 Å². The predicted octanol–water partition coefficient (Wildman–Crippen LogP) is 4.57. The van der Waals surface area contributed by atoms with Crippen LogP contribution in [-0.4, -0.2) is 11.2 Å². The largest absolute Gasteiger partial charge is 0.393 e. The molecule has 0 heterocycles. The summed E-state index contributed by atoms with van der Waals surface area (Å²) in [6.07, 6.45) is 5.51. The maximum atomic E-state index is 10.3. The molecule has 20 heavy (non-hydrogen) atoms. The van der Waals surface area contributed by atoms with Gasteiger partial charge in [0.1, 0.15) is 0 Å². The Morgan fingerprint density at radius 3 is 2.70 bits per heavy atom. The Bertz CT molecular complexity index is 569. The van der Waals surface area contributed by atoms with Gasteiger partial charge in [-0.3, -0.25) is 0 Å². The van der Waals surface area contributed by atoms with E-state index in [4.69, 9.17) is 0 Å². The van der Waals surface area contributed by atoms with Gasteiger partial charge < -0.3 is 5.11 Å². The third-order valence-corrected chi connectivity index (χ3v) is 4.99. The molecular weight excluding hydrogens is 244 g/mol. The van der Waals surface area contributed by atoms with Crippen molar-refractivity contribution in [2.75, 3.05) is 0 Å². The van der Waals surface area contributed by atoms with Crippen LogP contribution >= 0.6 is 0 Å². The van der Waals surface area contributed by atoms with Gasteiger partial charge in [-0.15, -0.1) is 0 Å². The summed E-state index contributed by atoms with van der Waals surface area (Å²) in [7, 11) is 0. The second-order valence-corrected chi connectivity index (χ2v) is 6.26. The molecule has 1 nitrogen and oxygen atoms in total. The molecule has 2 aromatic carbocycles. The van der Waals surface area contributed by atoms with Crippen molar-refractivity contribution in [3.05, 3.63) is 48.0 Å². The lowest BCUT2D eigenvalue weighted by Crippen LogP contribution is -2.30. The van der Waals surface area contributed by atoms with Crippen LogP contribution in [-0.2, 0) is 6.42 Å². The van der Waals surface area contributed by atoms with E-state index in [1.165, 1.54) is 35.6 Å². The van der Waals surface area contributed by atoms with Crippen LogP contribution in [0.15, 0.2) is 42.5 Å². The Hall–Kier alpha value is -1.34. The summed E-state index contributed by atoms with van der Waals surface area (Å²) >= 11 is 0. The highest BCUT2D eigenvalue weighted by atomic mass is 16.3. The molecule has 0 radical (unpaired) electrons. The average Bonchev–Trinajstić information content (AvgIpc) is 2.50. The van der Waals surface area contributed by atoms with Crippen LogP contribution in [0, 0.1) is 11.8 Å². The summed E-state index contributed by atoms with van der Waals surface area (Å²) in [5.74, 6) is 1.23. The molecule has 0 bridgehead atoms. The maximum absolute atomic E-state index is 10.3. The Labute approximate surface area is 121 Å². The van der Waals surface area contributed by atoms with Crippen molar-refractivity contribution in [3.8, 4) is 0 Å². The second-order valence-electron chi connectivity index (χ2n) is 6.26. The molecule has 1 saturated carbocycles. The molecule has 0 aromatic heterocycles. The number of fused-ring (bicyclic) bond motifs is 1. The highest BCUT2D eigenvalue weighted by Crippen LogP contribution is 2.34. The number of hydrogen-bond acceptors (Lipinski definition) is 1. The molecular formula is C19H24O. The summed E-state index contributed by atoms with van der Waals surface area (Å²) in [5, 5.41) is 13.0. The lowest BCUT2D eigenvalue weighted by atomic mass is 9.75. The fourth-order valence-corrected chi connectivity index (χ4v) is 3.69. The Balaban J connectivity index is 1.85. The highest BCUT2D eigenvalue weighted by Gasteiger charge is 2.28. The zero-order valence-corrected chi connectivity index (χ0v) is 12.3. The lowest BCUT2D eigenvalue weighted by molar-refractivity contribution is 0.0476. The number of aliphatic hydroxyl groups excluding tert-OH is 1. The van der Waals surface area contributed by atoms with Crippen molar-refractivity contribution in [2.45, 2.75) is 45.1 Å². The van der Waals surface area contributed by atoms with Gasteiger partial charge in [0.05, 0.1) is 6.10 Å². The smallest absolute Gasteiger partial charge is 0.0571 e. The van der Waals surface area contributed by atoms with Gasteiger partial charge in [-0.25, -0.2) is 0 Å². The van der Waals surface area contributed by atoms with E-state index in [2.05, 4.69) is 49.4 Å². The van der Waals surface area contributed by atoms with Gasteiger partial charge in [0.15, 0.2) is 0 Å². The van der Waals surface area contributed by atoms with E-state index in [0.717, 1.165) is 18.8 Å². The van der Waals surface area contributed by atoms with Crippen molar-refractivity contribution in [2.24, 2.45) is 11.8 Å². The van der Waals surface area contributed by atoms with Crippen molar-refractivity contribution < 1.29 is 5.11 Å². The van der Waals surface area contributed by atoms with Crippen LogP contribution < -0.4 is 0 Å². The van der Waals surface area contributed by atoms with Crippen molar-refractivity contribution in [1.29, 1.82) is 0 Å². The van der Waals surface area contributed by atoms with Gasteiger partial charge in [0, 0.05) is 0 Å². The summed E-state index contributed by atoms with van der Waals surface area (Å²) in [5.41, 5.74) is 1.39. The van der Waals surface area contributed by atoms with Crippen molar-refractivity contribution in [1.82, 2.24) is 0 Å². The minimum Gasteiger partial charge on any atom is -0.393 e. The van der Waals surface area contributed by atoms with Gasteiger partial charge in [0.2, 0.25) is 0 Å². The summed E-state index contributed by atoms with van der Waals surface area (Å²) < 4.78 is 0. The second kappa shape index (κ2) is 5.97. The van der Waals surface area contributed by atoms with Gasteiger partial charge in [-0.1, -0.05) is 55.8 Å². The van der Waals surface area contributed by atoms with E-state index in [1.54, 1.807) is 0 Å². The van der Waals surface area contributed by atoms with Crippen LogP contribution in [0.3, 0.4) is 0 Å². The van der Waals surface area contributed by atoms with Crippen LogP contribution in [0.5, 0.6) is 0 Å². The Kier molecular flexibility index (Phi) is 4.07. The fourth-order valence-electron chi connectivity index (χ4n) is 3.69. The third kappa shape index (κ3) is 2.73. The zero-order valence-electron chi connectivity index (χ0n) is 12.3. The maximum Gasteiger partial charge on any atom is 0.0571 e. The lowest BCUT2D eigenvalue weighted by Gasteiger charge is -2.33. The molecule has 3 atom stereocenters. The van der Waals surface area contributed by atoms with Gasteiger partial charge >= 0.3 is 0 Å². The molecule has 3 unspecified atom stereocenters. The number of aliphatic hydroxyl groups is 1. The van der Waals surface area contributed by atoms with Crippen LogP contribution in [0.2, 0.25) is 0 Å². The zero-order chi connectivity index (χ0) is 13.9. The minimum atomic E-state index is -0.114. The standard InChI is InChI=1S/C19H24O/c1-2-14-10-11-19(20)17(12-14)13-16-8-5-7-15-6-3-4-9-18(15)16/h3-9,14,17,19-20H,2,10-13H2,1H3. The van der Waals surface area contributed by atoms with Gasteiger partial charge in [-0.05, 0) is 53.9 Å². The molecule has 0 aliphatic heterocycles. The average molecular weight is 268 g/mol. The molecule has 1 aliphatic rings.